The number of aryl methyl sites for hydroxylation is 1. The van der Waals surface area contributed by atoms with Crippen LogP contribution in [0.15, 0.2) is 30.3 Å². The van der Waals surface area contributed by atoms with E-state index < -0.39 is 11.9 Å². The molecule has 146 valence electrons. The first-order valence-corrected chi connectivity index (χ1v) is 9.88. The summed E-state index contributed by atoms with van der Waals surface area (Å²) in [5.74, 6) is -1.36. The molecule has 0 spiro atoms. The van der Waals surface area contributed by atoms with Gasteiger partial charge < -0.3 is 15.3 Å². The predicted octanol–water partition coefficient (Wildman–Crippen LogP) is 2.23. The number of nitrogens with one attached hydrogen (secondary N) is 1. The number of carbonyl (C=O) groups is 3. The summed E-state index contributed by atoms with van der Waals surface area (Å²) in [4.78, 5) is 37.9. The number of aliphatic carboxylic acids is 1. The quantitative estimate of drug-likeness (QED) is 0.802. The van der Waals surface area contributed by atoms with Gasteiger partial charge in [-0.3, -0.25) is 14.4 Å². The van der Waals surface area contributed by atoms with Crippen molar-refractivity contribution in [1.29, 1.82) is 0 Å². The third-order valence-electron chi connectivity index (χ3n) is 5.75. The molecule has 2 aliphatic rings. The lowest BCUT2D eigenvalue weighted by atomic mass is 9.81. The number of nitrogens with zero attached hydrogens (tertiary/aromatic N) is 1. The standard InChI is InChI=1S/C21H28N2O4/c24-19(10-9-15-5-2-1-3-6-15)23-12-11-18(14-23)22-20(25)16-7-4-8-17(13-16)21(26)27/h1-3,5-6,16-18H,4,7-14H2,(H,22,25)(H,26,27). The number of hydrogen-bond donors (Lipinski definition) is 2. The number of rotatable bonds is 6. The third-order valence-corrected chi connectivity index (χ3v) is 5.75. The Morgan fingerprint density at radius 3 is 2.56 bits per heavy atom. The summed E-state index contributed by atoms with van der Waals surface area (Å²) in [6, 6.07) is 9.93. The van der Waals surface area contributed by atoms with Gasteiger partial charge in [0.05, 0.1) is 5.92 Å². The Bertz CT molecular complexity index is 676. The molecule has 0 aromatic heterocycles. The van der Waals surface area contributed by atoms with Crippen molar-refractivity contribution in [2.45, 2.75) is 51.0 Å². The number of amides is 2. The van der Waals surface area contributed by atoms with Crippen LogP contribution in [0.1, 0.15) is 44.1 Å². The Hall–Kier alpha value is -2.37. The molecule has 0 bridgehead atoms. The molecular formula is C21H28N2O4. The first-order valence-electron chi connectivity index (χ1n) is 9.88. The van der Waals surface area contributed by atoms with Gasteiger partial charge in [-0.15, -0.1) is 0 Å². The highest BCUT2D eigenvalue weighted by Crippen LogP contribution is 2.29. The first kappa shape index (κ1) is 19.4. The van der Waals surface area contributed by atoms with Crippen molar-refractivity contribution in [3.8, 4) is 0 Å². The number of likely N-dealkylation sites (tertiary alicyclic amines) is 1. The van der Waals surface area contributed by atoms with Crippen molar-refractivity contribution < 1.29 is 19.5 Å². The van der Waals surface area contributed by atoms with Crippen molar-refractivity contribution in [3.63, 3.8) is 0 Å². The van der Waals surface area contributed by atoms with Crippen molar-refractivity contribution >= 4 is 17.8 Å². The Balaban J connectivity index is 1.43. The minimum Gasteiger partial charge on any atom is -0.481 e. The number of benzene rings is 1. The van der Waals surface area contributed by atoms with E-state index in [-0.39, 0.29) is 23.8 Å². The van der Waals surface area contributed by atoms with Crippen LogP contribution in [0, 0.1) is 11.8 Å². The largest absolute Gasteiger partial charge is 0.481 e. The molecule has 6 heteroatoms. The number of hydrogen-bond acceptors (Lipinski definition) is 3. The Kier molecular flexibility index (Phi) is 6.48. The molecular weight excluding hydrogens is 344 g/mol. The predicted molar refractivity (Wildman–Crippen MR) is 101 cm³/mol. The molecule has 2 amide bonds. The van der Waals surface area contributed by atoms with E-state index in [1.54, 1.807) is 0 Å². The molecule has 1 saturated carbocycles. The van der Waals surface area contributed by atoms with Crippen LogP contribution in [0.3, 0.4) is 0 Å². The molecule has 6 nitrogen and oxygen atoms in total. The minimum absolute atomic E-state index is 0.0246. The van der Waals surface area contributed by atoms with Crippen LogP contribution in [-0.4, -0.2) is 46.9 Å². The summed E-state index contributed by atoms with van der Waals surface area (Å²) in [5.41, 5.74) is 1.15. The van der Waals surface area contributed by atoms with Gasteiger partial charge in [-0.1, -0.05) is 36.8 Å². The molecule has 3 atom stereocenters. The average molecular weight is 372 g/mol. The average Bonchev–Trinajstić information content (AvgIpc) is 3.15. The van der Waals surface area contributed by atoms with Crippen molar-refractivity contribution in [1.82, 2.24) is 10.2 Å². The molecule has 1 aliphatic carbocycles. The van der Waals surface area contributed by atoms with Gasteiger partial charge in [0.1, 0.15) is 0 Å². The maximum absolute atomic E-state index is 12.5. The second-order valence-corrected chi connectivity index (χ2v) is 7.72. The van der Waals surface area contributed by atoms with E-state index in [2.05, 4.69) is 5.32 Å². The highest BCUT2D eigenvalue weighted by molar-refractivity contribution is 5.81. The molecule has 0 radical (unpaired) electrons. The van der Waals surface area contributed by atoms with Crippen LogP contribution in [0.25, 0.3) is 0 Å². The number of carboxylic acid groups (broad SMARTS) is 1. The fourth-order valence-corrected chi connectivity index (χ4v) is 4.13. The molecule has 1 heterocycles. The molecule has 1 saturated heterocycles. The van der Waals surface area contributed by atoms with Crippen LogP contribution in [0.4, 0.5) is 0 Å². The summed E-state index contributed by atoms with van der Waals surface area (Å²) in [6.45, 7) is 1.22. The van der Waals surface area contributed by atoms with Crippen LogP contribution in [0.2, 0.25) is 0 Å². The monoisotopic (exact) mass is 372 g/mol. The summed E-state index contributed by atoms with van der Waals surface area (Å²) in [5, 5.41) is 12.2. The van der Waals surface area contributed by atoms with Crippen molar-refractivity contribution in [2.75, 3.05) is 13.1 Å². The van der Waals surface area contributed by atoms with E-state index in [9.17, 15) is 19.5 Å². The van der Waals surface area contributed by atoms with Gasteiger partial charge in [-0.25, -0.2) is 0 Å². The summed E-state index contributed by atoms with van der Waals surface area (Å²) >= 11 is 0. The minimum atomic E-state index is -0.802. The summed E-state index contributed by atoms with van der Waals surface area (Å²) < 4.78 is 0. The molecule has 1 aromatic carbocycles. The van der Waals surface area contributed by atoms with Gasteiger partial charge >= 0.3 is 5.97 Å². The molecule has 3 rings (SSSR count). The normalized spacial score (nSPS) is 25.2. The second kappa shape index (κ2) is 9.02. The van der Waals surface area contributed by atoms with E-state index in [4.69, 9.17) is 0 Å². The van der Waals surface area contributed by atoms with E-state index in [1.165, 1.54) is 0 Å². The lowest BCUT2D eigenvalue weighted by Gasteiger charge is -2.27. The van der Waals surface area contributed by atoms with E-state index >= 15 is 0 Å². The first-order chi connectivity index (χ1) is 13.0. The highest BCUT2D eigenvalue weighted by atomic mass is 16.4. The Morgan fingerprint density at radius 1 is 1.07 bits per heavy atom. The summed E-state index contributed by atoms with van der Waals surface area (Å²) in [6.07, 6.45) is 4.59. The highest BCUT2D eigenvalue weighted by Gasteiger charge is 2.33. The van der Waals surface area contributed by atoms with Gasteiger partial charge in [-0.05, 0) is 37.7 Å². The smallest absolute Gasteiger partial charge is 0.306 e. The maximum Gasteiger partial charge on any atom is 0.306 e. The SMILES string of the molecule is O=C(O)C1CCCC(C(=O)NC2CCN(C(=O)CCc3ccccc3)C2)C1. The van der Waals surface area contributed by atoms with Crippen LogP contribution >= 0.6 is 0 Å². The van der Waals surface area contributed by atoms with E-state index in [0.717, 1.165) is 31.2 Å². The van der Waals surface area contributed by atoms with E-state index in [1.807, 2.05) is 35.2 Å². The van der Waals surface area contributed by atoms with Gasteiger partial charge in [-0.2, -0.15) is 0 Å². The van der Waals surface area contributed by atoms with Crippen molar-refractivity contribution in [3.05, 3.63) is 35.9 Å². The fraction of sp³-hybridized carbons (Fsp3) is 0.571. The van der Waals surface area contributed by atoms with Gasteiger partial charge in [0.25, 0.3) is 0 Å². The summed E-state index contributed by atoms with van der Waals surface area (Å²) in [7, 11) is 0. The Morgan fingerprint density at radius 2 is 1.81 bits per heavy atom. The van der Waals surface area contributed by atoms with E-state index in [0.29, 0.717) is 32.4 Å². The van der Waals surface area contributed by atoms with Crippen LogP contribution in [-0.2, 0) is 20.8 Å². The molecule has 27 heavy (non-hydrogen) atoms. The molecule has 2 N–H and O–H groups in total. The van der Waals surface area contributed by atoms with Crippen LogP contribution < -0.4 is 5.32 Å². The fourth-order valence-electron chi connectivity index (χ4n) is 4.13. The third kappa shape index (κ3) is 5.31. The molecule has 1 aliphatic heterocycles. The second-order valence-electron chi connectivity index (χ2n) is 7.72. The maximum atomic E-state index is 12.5. The van der Waals surface area contributed by atoms with Gasteiger partial charge in [0, 0.05) is 31.5 Å². The lowest BCUT2D eigenvalue weighted by molar-refractivity contribution is -0.144. The number of carboxylic acids is 1. The lowest BCUT2D eigenvalue weighted by Crippen LogP contribution is -2.43. The van der Waals surface area contributed by atoms with Crippen molar-refractivity contribution in [2.24, 2.45) is 11.8 Å². The zero-order chi connectivity index (χ0) is 19.2. The van der Waals surface area contributed by atoms with Crippen LogP contribution in [0.5, 0.6) is 0 Å². The Labute approximate surface area is 159 Å². The zero-order valence-electron chi connectivity index (χ0n) is 15.6. The molecule has 1 aromatic rings. The molecule has 2 fully saturated rings. The molecule has 3 unspecified atom stereocenters. The van der Waals surface area contributed by atoms with Gasteiger partial charge in [0.2, 0.25) is 11.8 Å². The zero-order valence-corrected chi connectivity index (χ0v) is 15.6. The number of carbonyl (C=O) groups excluding carboxylic acids is 2. The topological polar surface area (TPSA) is 86.7 Å². The van der Waals surface area contributed by atoms with Gasteiger partial charge in [0.15, 0.2) is 0 Å².